The van der Waals surface area contributed by atoms with Gasteiger partial charge in [-0.25, -0.2) is 4.99 Å². The molecule has 0 amide bonds. The summed E-state index contributed by atoms with van der Waals surface area (Å²) >= 11 is 0. The highest BCUT2D eigenvalue weighted by atomic mass is 16.5. The van der Waals surface area contributed by atoms with E-state index in [1.807, 2.05) is 13.8 Å². The van der Waals surface area contributed by atoms with E-state index in [1.165, 1.54) is 0 Å². The fourth-order valence-corrected chi connectivity index (χ4v) is 0.836. The third-order valence-corrected chi connectivity index (χ3v) is 1.49. The van der Waals surface area contributed by atoms with Crippen LogP contribution in [0, 0.1) is 0 Å². The van der Waals surface area contributed by atoms with Gasteiger partial charge in [-0.2, -0.15) is 0 Å². The van der Waals surface area contributed by atoms with E-state index in [1.54, 1.807) is 6.08 Å². The quantitative estimate of drug-likeness (QED) is 0.553. The Hall–Kier alpha value is -1.05. The Morgan fingerprint density at radius 1 is 1.73 bits per heavy atom. The SMILES string of the molecule is C=CC(=C)C1=NC(C)(C)CO1. The van der Waals surface area contributed by atoms with Crippen LogP contribution in [0.5, 0.6) is 0 Å². The molecule has 60 valence electrons. The zero-order valence-electron chi connectivity index (χ0n) is 7.05. The average molecular weight is 151 g/mol. The van der Waals surface area contributed by atoms with Crippen molar-refractivity contribution in [3.8, 4) is 0 Å². The maximum Gasteiger partial charge on any atom is 0.216 e. The van der Waals surface area contributed by atoms with Crippen LogP contribution in [0.25, 0.3) is 0 Å². The van der Waals surface area contributed by atoms with Crippen LogP contribution in [-0.4, -0.2) is 18.0 Å². The predicted octanol–water partition coefficient (Wildman–Crippen LogP) is 1.94. The molecule has 0 saturated heterocycles. The van der Waals surface area contributed by atoms with Gasteiger partial charge in [-0.1, -0.05) is 19.2 Å². The molecular formula is C9H13NO. The van der Waals surface area contributed by atoms with Gasteiger partial charge in [0.05, 0.1) is 5.54 Å². The minimum absolute atomic E-state index is 0.0959. The molecule has 0 unspecified atom stereocenters. The number of nitrogens with zero attached hydrogens (tertiary/aromatic N) is 1. The number of ether oxygens (including phenoxy) is 1. The van der Waals surface area contributed by atoms with Gasteiger partial charge in [0.1, 0.15) is 6.61 Å². The maximum atomic E-state index is 5.30. The van der Waals surface area contributed by atoms with Crippen molar-refractivity contribution in [2.24, 2.45) is 4.99 Å². The van der Waals surface area contributed by atoms with Crippen LogP contribution < -0.4 is 0 Å². The summed E-state index contributed by atoms with van der Waals surface area (Å²) in [5, 5.41) is 0. The molecule has 0 bridgehead atoms. The van der Waals surface area contributed by atoms with Crippen molar-refractivity contribution in [1.82, 2.24) is 0 Å². The first-order valence-electron chi connectivity index (χ1n) is 3.59. The van der Waals surface area contributed by atoms with Crippen molar-refractivity contribution >= 4 is 5.90 Å². The fourth-order valence-electron chi connectivity index (χ4n) is 0.836. The third-order valence-electron chi connectivity index (χ3n) is 1.49. The van der Waals surface area contributed by atoms with Gasteiger partial charge in [0, 0.05) is 5.57 Å². The lowest BCUT2D eigenvalue weighted by molar-refractivity contribution is 0.279. The van der Waals surface area contributed by atoms with Crippen molar-refractivity contribution in [1.29, 1.82) is 0 Å². The molecule has 0 radical (unpaired) electrons. The maximum absolute atomic E-state index is 5.30. The Labute approximate surface area is 67.3 Å². The number of aliphatic imine (C=N–C) groups is 1. The molecule has 1 aliphatic rings. The second kappa shape index (κ2) is 2.53. The predicted molar refractivity (Wildman–Crippen MR) is 46.8 cm³/mol. The molecule has 0 aromatic carbocycles. The number of rotatable bonds is 2. The van der Waals surface area contributed by atoms with Gasteiger partial charge in [0.25, 0.3) is 0 Å². The molecule has 0 aromatic rings. The monoisotopic (exact) mass is 151 g/mol. The first-order valence-corrected chi connectivity index (χ1v) is 3.59. The molecule has 0 aromatic heterocycles. The summed E-state index contributed by atoms with van der Waals surface area (Å²) in [6, 6.07) is 0. The number of hydrogen-bond donors (Lipinski definition) is 0. The minimum Gasteiger partial charge on any atom is -0.475 e. The van der Waals surface area contributed by atoms with Crippen molar-refractivity contribution in [2.45, 2.75) is 19.4 Å². The Kier molecular flexibility index (Phi) is 1.85. The van der Waals surface area contributed by atoms with E-state index in [0.717, 1.165) is 5.57 Å². The summed E-state index contributed by atoms with van der Waals surface area (Å²) in [5.41, 5.74) is 0.664. The topological polar surface area (TPSA) is 21.6 Å². The van der Waals surface area contributed by atoms with E-state index in [0.29, 0.717) is 12.5 Å². The zero-order chi connectivity index (χ0) is 8.48. The summed E-state index contributed by atoms with van der Waals surface area (Å²) in [5.74, 6) is 0.630. The highest BCUT2D eigenvalue weighted by molar-refractivity contribution is 5.96. The second-order valence-electron chi connectivity index (χ2n) is 3.25. The van der Waals surface area contributed by atoms with Gasteiger partial charge >= 0.3 is 0 Å². The Morgan fingerprint density at radius 2 is 2.36 bits per heavy atom. The largest absolute Gasteiger partial charge is 0.475 e. The van der Waals surface area contributed by atoms with Gasteiger partial charge < -0.3 is 4.74 Å². The van der Waals surface area contributed by atoms with Gasteiger partial charge in [-0.15, -0.1) is 0 Å². The van der Waals surface area contributed by atoms with Crippen molar-refractivity contribution in [2.75, 3.05) is 6.61 Å². The van der Waals surface area contributed by atoms with E-state index >= 15 is 0 Å². The summed E-state index contributed by atoms with van der Waals surface area (Å²) in [7, 11) is 0. The lowest BCUT2D eigenvalue weighted by atomic mass is 10.1. The molecule has 1 heterocycles. The third kappa shape index (κ3) is 1.70. The smallest absolute Gasteiger partial charge is 0.216 e. The molecule has 0 atom stereocenters. The van der Waals surface area contributed by atoms with Gasteiger partial charge in [0.2, 0.25) is 5.90 Å². The molecule has 0 aliphatic carbocycles. The lowest BCUT2D eigenvalue weighted by Crippen LogP contribution is -2.17. The molecule has 0 N–H and O–H groups in total. The second-order valence-corrected chi connectivity index (χ2v) is 3.25. The minimum atomic E-state index is -0.0959. The Morgan fingerprint density at radius 3 is 2.73 bits per heavy atom. The van der Waals surface area contributed by atoms with Crippen molar-refractivity contribution in [3.63, 3.8) is 0 Å². The molecule has 2 heteroatoms. The van der Waals surface area contributed by atoms with Crippen LogP contribution in [0.2, 0.25) is 0 Å². The summed E-state index contributed by atoms with van der Waals surface area (Å²) in [6.07, 6.45) is 1.65. The summed E-state index contributed by atoms with van der Waals surface area (Å²) < 4.78 is 5.30. The van der Waals surface area contributed by atoms with E-state index in [9.17, 15) is 0 Å². The van der Waals surface area contributed by atoms with Gasteiger partial charge in [-0.3, -0.25) is 0 Å². The Balaban J connectivity index is 2.78. The van der Waals surface area contributed by atoms with Crippen molar-refractivity contribution in [3.05, 3.63) is 24.8 Å². The molecule has 1 rings (SSSR count). The molecule has 0 fully saturated rings. The van der Waals surface area contributed by atoms with E-state index < -0.39 is 0 Å². The molecule has 0 saturated carbocycles. The summed E-state index contributed by atoms with van der Waals surface area (Å²) in [4.78, 5) is 4.31. The van der Waals surface area contributed by atoms with Crippen LogP contribution in [-0.2, 0) is 4.74 Å². The summed E-state index contributed by atoms with van der Waals surface area (Å²) in [6.45, 7) is 12.0. The Bertz CT molecular complexity index is 226. The van der Waals surface area contributed by atoms with Gasteiger partial charge in [-0.05, 0) is 13.8 Å². The van der Waals surface area contributed by atoms with Gasteiger partial charge in [0.15, 0.2) is 0 Å². The van der Waals surface area contributed by atoms with Crippen LogP contribution >= 0.6 is 0 Å². The normalized spacial score (nSPS) is 20.4. The average Bonchev–Trinajstić information content (AvgIpc) is 2.29. The van der Waals surface area contributed by atoms with Crippen LogP contribution in [0.1, 0.15) is 13.8 Å². The van der Waals surface area contributed by atoms with Crippen molar-refractivity contribution < 1.29 is 4.74 Å². The molecule has 2 nitrogen and oxygen atoms in total. The first-order chi connectivity index (χ1) is 5.05. The highest BCUT2D eigenvalue weighted by Gasteiger charge is 2.26. The van der Waals surface area contributed by atoms with E-state index in [-0.39, 0.29) is 5.54 Å². The first kappa shape index (κ1) is 8.05. The lowest BCUT2D eigenvalue weighted by Gasteiger charge is -2.07. The van der Waals surface area contributed by atoms with Crippen LogP contribution in [0.15, 0.2) is 29.8 Å². The standard InChI is InChI=1S/C9H13NO/c1-5-7(2)8-10-9(3,4)6-11-8/h5H,1-2,6H2,3-4H3. The van der Waals surface area contributed by atoms with E-state index in [2.05, 4.69) is 18.2 Å². The van der Waals surface area contributed by atoms with Crippen LogP contribution in [0.3, 0.4) is 0 Å². The molecular weight excluding hydrogens is 138 g/mol. The molecule has 0 spiro atoms. The van der Waals surface area contributed by atoms with Crippen LogP contribution in [0.4, 0.5) is 0 Å². The van der Waals surface area contributed by atoms with E-state index in [4.69, 9.17) is 4.74 Å². The number of hydrogen-bond acceptors (Lipinski definition) is 2. The fraction of sp³-hybridized carbons (Fsp3) is 0.444. The molecule has 1 aliphatic heterocycles. The molecule has 11 heavy (non-hydrogen) atoms. The highest BCUT2D eigenvalue weighted by Crippen LogP contribution is 2.19. The zero-order valence-corrected chi connectivity index (χ0v) is 7.05.